The number of halogens is 2. The zero-order valence-corrected chi connectivity index (χ0v) is 13.0. The molecule has 0 radical (unpaired) electrons. The number of nitrogens with one attached hydrogen (secondary N) is 1. The number of amides is 1. The van der Waals surface area contributed by atoms with E-state index in [1.165, 1.54) is 17.8 Å². The maximum Gasteiger partial charge on any atom is 0.253 e. The van der Waals surface area contributed by atoms with Crippen LogP contribution in [0.5, 0.6) is 0 Å². The van der Waals surface area contributed by atoms with Crippen LogP contribution in [0.25, 0.3) is 0 Å². The molecule has 0 atom stereocenters. The van der Waals surface area contributed by atoms with Crippen LogP contribution in [0.15, 0.2) is 13.6 Å². The van der Waals surface area contributed by atoms with Crippen LogP contribution in [0.4, 0.5) is 0 Å². The Hall–Kier alpha value is 0.130. The summed E-state index contributed by atoms with van der Waals surface area (Å²) in [5, 5.41) is 3.17. The third kappa shape index (κ3) is 2.36. The van der Waals surface area contributed by atoms with Crippen molar-refractivity contribution in [2.45, 2.75) is 38.1 Å². The highest BCUT2D eigenvalue weighted by atomic mass is 79.9. The van der Waals surface area contributed by atoms with Gasteiger partial charge in [-0.1, -0.05) is 6.92 Å². The second kappa shape index (κ2) is 4.78. The molecule has 0 spiro atoms. The van der Waals surface area contributed by atoms with Crippen LogP contribution in [0, 0.1) is 0 Å². The number of hydrogen-bond acceptors (Lipinski definition) is 2. The van der Waals surface area contributed by atoms with E-state index in [9.17, 15) is 4.79 Å². The quantitative estimate of drug-likeness (QED) is 0.847. The Morgan fingerprint density at radius 2 is 2.25 bits per heavy atom. The number of hydrogen-bond donors (Lipinski definition) is 1. The van der Waals surface area contributed by atoms with Crippen LogP contribution in [-0.4, -0.2) is 11.4 Å². The molecular formula is C11H13Br2NOS. The Kier molecular flexibility index (Phi) is 3.76. The number of carbonyl (C=O) groups is 1. The van der Waals surface area contributed by atoms with Gasteiger partial charge in [-0.15, -0.1) is 11.3 Å². The Labute approximate surface area is 116 Å². The van der Waals surface area contributed by atoms with E-state index in [-0.39, 0.29) is 11.4 Å². The molecule has 1 amide bonds. The smallest absolute Gasteiger partial charge is 0.253 e. The van der Waals surface area contributed by atoms with Gasteiger partial charge in [-0.25, -0.2) is 0 Å². The van der Waals surface area contributed by atoms with Crippen molar-refractivity contribution < 1.29 is 4.79 Å². The summed E-state index contributed by atoms with van der Waals surface area (Å²) in [6.45, 7) is 2.14. The van der Waals surface area contributed by atoms with Crippen LogP contribution in [-0.2, 0) is 0 Å². The minimum Gasteiger partial charge on any atom is -0.347 e. The van der Waals surface area contributed by atoms with Gasteiger partial charge in [0.2, 0.25) is 0 Å². The minimum atomic E-state index is 0.0374. The molecule has 0 aliphatic heterocycles. The molecule has 0 saturated heterocycles. The number of rotatable bonds is 3. The molecule has 1 heterocycles. The standard InChI is InChI=1S/C11H13Br2NOS/c1-2-11(4-3-5-11)14-10(15)7-6-8(12)16-9(7)13/h6H,2-5H2,1H3,(H,14,15). The Morgan fingerprint density at radius 3 is 2.62 bits per heavy atom. The molecule has 16 heavy (non-hydrogen) atoms. The van der Waals surface area contributed by atoms with Gasteiger partial charge in [0.05, 0.1) is 13.1 Å². The van der Waals surface area contributed by atoms with Crippen LogP contribution < -0.4 is 5.32 Å². The van der Waals surface area contributed by atoms with Gasteiger partial charge in [-0.3, -0.25) is 4.79 Å². The minimum absolute atomic E-state index is 0.0374. The van der Waals surface area contributed by atoms with Crippen LogP contribution in [0.2, 0.25) is 0 Å². The summed E-state index contributed by atoms with van der Waals surface area (Å²) in [5.74, 6) is 0.0374. The third-order valence-electron chi connectivity index (χ3n) is 3.27. The summed E-state index contributed by atoms with van der Waals surface area (Å²) in [5.41, 5.74) is 0.793. The van der Waals surface area contributed by atoms with Gasteiger partial charge in [0.25, 0.3) is 5.91 Å². The molecule has 1 aliphatic rings. The van der Waals surface area contributed by atoms with Gasteiger partial charge in [-0.05, 0) is 63.6 Å². The second-order valence-electron chi connectivity index (χ2n) is 4.18. The molecule has 1 aromatic heterocycles. The predicted octanol–water partition coefficient (Wildman–Crippen LogP) is 4.34. The number of thiophene rings is 1. The summed E-state index contributed by atoms with van der Waals surface area (Å²) in [6, 6.07) is 1.87. The molecule has 2 rings (SSSR count). The van der Waals surface area contributed by atoms with Crippen LogP contribution in [0.3, 0.4) is 0 Å². The van der Waals surface area contributed by atoms with Crippen molar-refractivity contribution in [2.75, 3.05) is 0 Å². The summed E-state index contributed by atoms with van der Waals surface area (Å²) in [7, 11) is 0. The van der Waals surface area contributed by atoms with E-state index in [1.54, 1.807) is 0 Å². The maximum absolute atomic E-state index is 12.1. The molecular weight excluding hydrogens is 354 g/mol. The molecule has 0 aromatic carbocycles. The van der Waals surface area contributed by atoms with Crippen molar-refractivity contribution in [3.63, 3.8) is 0 Å². The summed E-state index contributed by atoms with van der Waals surface area (Å²) >= 11 is 8.33. The highest BCUT2D eigenvalue weighted by molar-refractivity contribution is 9.12. The Balaban J connectivity index is 2.11. The maximum atomic E-state index is 12.1. The average Bonchev–Trinajstić information content (AvgIpc) is 2.51. The molecule has 1 aliphatic carbocycles. The predicted molar refractivity (Wildman–Crippen MR) is 74.1 cm³/mol. The molecule has 5 heteroatoms. The van der Waals surface area contributed by atoms with Crippen LogP contribution >= 0.6 is 43.2 Å². The zero-order valence-electron chi connectivity index (χ0n) is 8.98. The first-order valence-corrected chi connectivity index (χ1v) is 7.74. The number of carbonyl (C=O) groups excluding carboxylic acids is 1. The topological polar surface area (TPSA) is 29.1 Å². The van der Waals surface area contributed by atoms with Gasteiger partial charge in [0, 0.05) is 5.54 Å². The molecule has 1 fully saturated rings. The second-order valence-corrected chi connectivity index (χ2v) is 7.93. The lowest BCUT2D eigenvalue weighted by Gasteiger charge is -2.42. The summed E-state index contributed by atoms with van der Waals surface area (Å²) < 4.78 is 1.87. The van der Waals surface area contributed by atoms with Crippen molar-refractivity contribution in [1.29, 1.82) is 0 Å². The SMILES string of the molecule is CCC1(NC(=O)c2cc(Br)sc2Br)CCC1. The lowest BCUT2D eigenvalue weighted by Crippen LogP contribution is -2.52. The van der Waals surface area contributed by atoms with Gasteiger partial charge in [0.1, 0.15) is 0 Å². The normalized spacial score (nSPS) is 17.9. The van der Waals surface area contributed by atoms with E-state index >= 15 is 0 Å². The summed E-state index contributed by atoms with van der Waals surface area (Å²) in [6.07, 6.45) is 4.46. The highest BCUT2D eigenvalue weighted by Gasteiger charge is 2.37. The van der Waals surface area contributed by atoms with Gasteiger partial charge < -0.3 is 5.32 Å². The summed E-state index contributed by atoms with van der Waals surface area (Å²) in [4.78, 5) is 12.1. The zero-order chi connectivity index (χ0) is 11.8. The first-order chi connectivity index (χ1) is 7.56. The highest BCUT2D eigenvalue weighted by Crippen LogP contribution is 2.36. The first kappa shape index (κ1) is 12.6. The van der Waals surface area contributed by atoms with Gasteiger partial charge >= 0.3 is 0 Å². The molecule has 2 nitrogen and oxygen atoms in total. The molecule has 1 N–H and O–H groups in total. The van der Waals surface area contributed by atoms with E-state index in [1.807, 2.05) is 6.07 Å². The Bertz CT molecular complexity index is 407. The van der Waals surface area contributed by atoms with E-state index in [2.05, 4.69) is 44.1 Å². The Morgan fingerprint density at radius 1 is 1.56 bits per heavy atom. The van der Waals surface area contributed by atoms with E-state index in [4.69, 9.17) is 0 Å². The lowest BCUT2D eigenvalue weighted by atomic mass is 9.75. The molecule has 88 valence electrons. The molecule has 1 aromatic rings. The monoisotopic (exact) mass is 365 g/mol. The van der Waals surface area contributed by atoms with Crippen molar-refractivity contribution in [1.82, 2.24) is 5.32 Å². The molecule has 0 bridgehead atoms. The van der Waals surface area contributed by atoms with E-state index in [0.717, 1.165) is 32.4 Å². The van der Waals surface area contributed by atoms with Crippen molar-refractivity contribution in [2.24, 2.45) is 0 Å². The third-order valence-corrected chi connectivity index (χ3v) is 5.61. The lowest BCUT2D eigenvalue weighted by molar-refractivity contribution is 0.0820. The van der Waals surface area contributed by atoms with Crippen molar-refractivity contribution >= 4 is 49.1 Å². The van der Waals surface area contributed by atoms with E-state index in [0.29, 0.717) is 0 Å². The fourth-order valence-corrected chi connectivity index (χ4v) is 4.77. The van der Waals surface area contributed by atoms with Crippen LogP contribution in [0.1, 0.15) is 43.0 Å². The molecule has 1 saturated carbocycles. The van der Waals surface area contributed by atoms with Crippen molar-refractivity contribution in [3.05, 3.63) is 19.2 Å². The molecule has 0 unspecified atom stereocenters. The fourth-order valence-electron chi connectivity index (χ4n) is 1.97. The first-order valence-electron chi connectivity index (χ1n) is 5.34. The fraction of sp³-hybridized carbons (Fsp3) is 0.545. The van der Waals surface area contributed by atoms with Crippen molar-refractivity contribution in [3.8, 4) is 0 Å². The van der Waals surface area contributed by atoms with E-state index < -0.39 is 0 Å². The van der Waals surface area contributed by atoms with Gasteiger partial charge in [-0.2, -0.15) is 0 Å². The average molecular weight is 367 g/mol. The largest absolute Gasteiger partial charge is 0.347 e. The van der Waals surface area contributed by atoms with Gasteiger partial charge in [0.15, 0.2) is 0 Å².